The van der Waals surface area contributed by atoms with Gasteiger partial charge < -0.3 is 10.1 Å². The molecule has 0 bridgehead atoms. The number of alkyl carbamates (subject to hydrolysis) is 1. The standard InChI is InChI=1S/C7H15NO5S.ClH/c1-7(2,3)13-6(9)8-4-5-14(10,11)12;/h4-5H2,1-3H3,(H,8,9)(H,10,11,12);1H. The van der Waals surface area contributed by atoms with Crippen LogP contribution in [0.2, 0.25) is 0 Å². The van der Waals surface area contributed by atoms with E-state index in [4.69, 9.17) is 9.29 Å². The third-order valence-electron chi connectivity index (χ3n) is 1.03. The van der Waals surface area contributed by atoms with Crippen molar-refractivity contribution in [1.29, 1.82) is 0 Å². The highest BCUT2D eigenvalue weighted by molar-refractivity contribution is 7.85. The topological polar surface area (TPSA) is 92.7 Å². The molecule has 0 aromatic carbocycles. The van der Waals surface area contributed by atoms with Crippen molar-refractivity contribution >= 4 is 28.6 Å². The lowest BCUT2D eigenvalue weighted by Crippen LogP contribution is -2.34. The second-order valence-electron chi connectivity index (χ2n) is 3.71. The van der Waals surface area contributed by atoms with Crippen LogP contribution in [-0.4, -0.2) is 37.0 Å². The maximum atomic E-state index is 10.9. The zero-order chi connectivity index (χ0) is 11.4. The Kier molecular flexibility index (Phi) is 6.91. The highest BCUT2D eigenvalue weighted by atomic mass is 35.5. The molecule has 0 atom stereocenters. The molecule has 0 rings (SSSR count). The van der Waals surface area contributed by atoms with Crippen LogP contribution in [0.3, 0.4) is 0 Å². The largest absolute Gasteiger partial charge is 0.444 e. The van der Waals surface area contributed by atoms with Crippen LogP contribution in [0.5, 0.6) is 0 Å². The maximum Gasteiger partial charge on any atom is 0.407 e. The van der Waals surface area contributed by atoms with E-state index in [2.05, 4.69) is 5.32 Å². The van der Waals surface area contributed by atoms with Gasteiger partial charge in [-0.1, -0.05) is 0 Å². The average molecular weight is 262 g/mol. The summed E-state index contributed by atoms with van der Waals surface area (Å²) in [6.07, 6.45) is -0.707. The molecule has 8 heteroatoms. The van der Waals surface area contributed by atoms with Crippen molar-refractivity contribution in [3.8, 4) is 0 Å². The van der Waals surface area contributed by atoms with E-state index in [0.717, 1.165) is 0 Å². The molecule has 0 saturated carbocycles. The lowest BCUT2D eigenvalue weighted by Gasteiger charge is -2.19. The number of hydrogen-bond donors (Lipinski definition) is 2. The van der Waals surface area contributed by atoms with Crippen LogP contribution in [0.1, 0.15) is 20.8 Å². The molecule has 2 N–H and O–H groups in total. The number of ether oxygens (including phenoxy) is 1. The summed E-state index contributed by atoms with van der Waals surface area (Å²) in [5, 5.41) is 2.20. The van der Waals surface area contributed by atoms with Crippen molar-refractivity contribution < 1.29 is 22.5 Å². The van der Waals surface area contributed by atoms with E-state index in [9.17, 15) is 13.2 Å². The number of carbonyl (C=O) groups is 1. The summed E-state index contributed by atoms with van der Waals surface area (Å²) in [5.41, 5.74) is -0.623. The SMILES string of the molecule is CC(C)(C)OC(=O)NCCS(=O)(=O)O.Cl. The Morgan fingerprint density at radius 3 is 2.20 bits per heavy atom. The lowest BCUT2D eigenvalue weighted by atomic mass is 10.2. The summed E-state index contributed by atoms with van der Waals surface area (Å²) in [6, 6.07) is 0. The maximum absolute atomic E-state index is 10.9. The smallest absolute Gasteiger partial charge is 0.407 e. The molecule has 0 aliphatic rings. The molecule has 0 spiro atoms. The fourth-order valence-corrected chi connectivity index (χ4v) is 0.956. The molecule has 0 heterocycles. The molecule has 6 nitrogen and oxygen atoms in total. The predicted molar refractivity (Wildman–Crippen MR) is 57.9 cm³/mol. The van der Waals surface area contributed by atoms with Crippen molar-refractivity contribution in [1.82, 2.24) is 5.32 Å². The van der Waals surface area contributed by atoms with E-state index in [0.29, 0.717) is 0 Å². The molecule has 0 radical (unpaired) electrons. The van der Waals surface area contributed by atoms with Crippen LogP contribution in [-0.2, 0) is 14.9 Å². The normalized spacial score (nSPS) is 11.5. The van der Waals surface area contributed by atoms with Gasteiger partial charge in [-0.15, -0.1) is 12.4 Å². The second kappa shape index (κ2) is 6.14. The number of carbonyl (C=O) groups excluding carboxylic acids is 1. The monoisotopic (exact) mass is 261 g/mol. The van der Waals surface area contributed by atoms with Gasteiger partial charge in [0, 0.05) is 6.54 Å². The molecule has 0 aliphatic heterocycles. The fraction of sp³-hybridized carbons (Fsp3) is 0.857. The number of halogens is 1. The van der Waals surface area contributed by atoms with Crippen molar-refractivity contribution in [3.63, 3.8) is 0 Å². The molecular formula is C7H16ClNO5S. The van der Waals surface area contributed by atoms with Crippen LogP contribution in [0.15, 0.2) is 0 Å². The molecule has 92 valence electrons. The Morgan fingerprint density at radius 2 is 1.87 bits per heavy atom. The van der Waals surface area contributed by atoms with Gasteiger partial charge in [-0.05, 0) is 20.8 Å². The lowest BCUT2D eigenvalue weighted by molar-refractivity contribution is 0.0531. The average Bonchev–Trinajstić information content (AvgIpc) is 1.78. The Hall–Kier alpha value is -0.530. The van der Waals surface area contributed by atoms with E-state index < -0.39 is 27.6 Å². The first-order chi connectivity index (χ1) is 6.10. The Bertz CT molecular complexity index is 295. The van der Waals surface area contributed by atoms with E-state index in [-0.39, 0.29) is 19.0 Å². The molecule has 0 fully saturated rings. The minimum absolute atomic E-state index is 0. The number of nitrogens with one attached hydrogen (secondary N) is 1. The molecule has 15 heavy (non-hydrogen) atoms. The van der Waals surface area contributed by atoms with Crippen LogP contribution in [0.25, 0.3) is 0 Å². The Morgan fingerprint density at radius 1 is 1.40 bits per heavy atom. The van der Waals surface area contributed by atoms with E-state index in [1.54, 1.807) is 20.8 Å². The third kappa shape index (κ3) is 13.5. The Balaban J connectivity index is 0. The van der Waals surface area contributed by atoms with E-state index >= 15 is 0 Å². The molecule has 0 unspecified atom stereocenters. The first-order valence-electron chi connectivity index (χ1n) is 4.02. The van der Waals surface area contributed by atoms with Gasteiger partial charge in [0.05, 0.1) is 5.75 Å². The van der Waals surface area contributed by atoms with Gasteiger partial charge in [0.15, 0.2) is 0 Å². The van der Waals surface area contributed by atoms with Gasteiger partial charge >= 0.3 is 6.09 Å². The second-order valence-corrected chi connectivity index (χ2v) is 5.29. The zero-order valence-corrected chi connectivity index (χ0v) is 10.4. The van der Waals surface area contributed by atoms with Crippen molar-refractivity contribution in [2.24, 2.45) is 0 Å². The van der Waals surface area contributed by atoms with Crippen LogP contribution < -0.4 is 5.32 Å². The number of amides is 1. The Labute approximate surface area is 95.5 Å². The number of hydrogen-bond acceptors (Lipinski definition) is 4. The molecule has 0 aliphatic carbocycles. The summed E-state index contributed by atoms with van der Waals surface area (Å²) in [4.78, 5) is 10.9. The quantitative estimate of drug-likeness (QED) is 0.734. The van der Waals surface area contributed by atoms with Gasteiger partial charge in [0.25, 0.3) is 10.1 Å². The van der Waals surface area contributed by atoms with Gasteiger partial charge in [-0.2, -0.15) is 8.42 Å². The van der Waals surface area contributed by atoms with E-state index in [1.165, 1.54) is 0 Å². The summed E-state index contributed by atoms with van der Waals surface area (Å²) in [6.45, 7) is 4.90. The van der Waals surface area contributed by atoms with Crippen LogP contribution in [0.4, 0.5) is 4.79 Å². The minimum Gasteiger partial charge on any atom is -0.444 e. The van der Waals surface area contributed by atoms with Gasteiger partial charge in [-0.25, -0.2) is 4.79 Å². The van der Waals surface area contributed by atoms with Gasteiger partial charge in [-0.3, -0.25) is 4.55 Å². The fourth-order valence-electron chi connectivity index (χ4n) is 0.596. The summed E-state index contributed by atoms with van der Waals surface area (Å²) in [5.74, 6) is -0.522. The molecular weight excluding hydrogens is 246 g/mol. The molecule has 0 aromatic heterocycles. The van der Waals surface area contributed by atoms with Crippen molar-refractivity contribution in [3.05, 3.63) is 0 Å². The zero-order valence-electron chi connectivity index (χ0n) is 8.81. The van der Waals surface area contributed by atoms with E-state index in [1.807, 2.05) is 0 Å². The van der Waals surface area contributed by atoms with Crippen LogP contribution in [0, 0.1) is 0 Å². The molecule has 0 saturated heterocycles. The minimum atomic E-state index is -4.03. The first-order valence-corrected chi connectivity index (χ1v) is 5.63. The highest BCUT2D eigenvalue weighted by Crippen LogP contribution is 2.05. The van der Waals surface area contributed by atoms with Crippen LogP contribution >= 0.6 is 12.4 Å². The third-order valence-corrected chi connectivity index (χ3v) is 1.75. The van der Waals surface area contributed by atoms with Crippen molar-refractivity contribution in [2.45, 2.75) is 26.4 Å². The van der Waals surface area contributed by atoms with Gasteiger partial charge in [0.1, 0.15) is 5.60 Å². The van der Waals surface area contributed by atoms with Crippen molar-refractivity contribution in [2.75, 3.05) is 12.3 Å². The predicted octanol–water partition coefficient (Wildman–Crippen LogP) is 0.821. The highest BCUT2D eigenvalue weighted by Gasteiger charge is 2.16. The number of rotatable bonds is 3. The summed E-state index contributed by atoms with van der Waals surface area (Å²) >= 11 is 0. The molecule has 1 amide bonds. The van der Waals surface area contributed by atoms with Gasteiger partial charge in [0.2, 0.25) is 0 Å². The summed E-state index contributed by atoms with van der Waals surface area (Å²) in [7, 11) is -4.03. The molecule has 0 aromatic rings. The summed E-state index contributed by atoms with van der Waals surface area (Å²) < 4.78 is 33.7. The first kappa shape index (κ1) is 16.9.